The first-order valence-corrected chi connectivity index (χ1v) is 6.43. The van der Waals surface area contributed by atoms with Gasteiger partial charge in [-0.2, -0.15) is 10.2 Å². The summed E-state index contributed by atoms with van der Waals surface area (Å²) in [6.45, 7) is 7.32. The molecule has 0 saturated carbocycles. The van der Waals surface area contributed by atoms with Gasteiger partial charge >= 0.3 is 0 Å². The average Bonchev–Trinajstić information content (AvgIpc) is 2.80. The van der Waals surface area contributed by atoms with Gasteiger partial charge in [-0.1, -0.05) is 0 Å². The molecule has 2 rings (SSSR count). The number of rotatable bonds is 5. The van der Waals surface area contributed by atoms with Crippen LogP contribution in [0.3, 0.4) is 0 Å². The molecule has 0 radical (unpaired) electrons. The summed E-state index contributed by atoms with van der Waals surface area (Å²) in [5, 5.41) is 11.5. The Kier molecular flexibility index (Phi) is 3.99. The van der Waals surface area contributed by atoms with E-state index in [-0.39, 0.29) is 11.6 Å². The summed E-state index contributed by atoms with van der Waals surface area (Å²) >= 11 is 0. The van der Waals surface area contributed by atoms with E-state index in [1.807, 2.05) is 31.6 Å². The molecule has 0 saturated heterocycles. The third-order valence-electron chi connectivity index (χ3n) is 2.67. The van der Waals surface area contributed by atoms with Crippen molar-refractivity contribution in [3.05, 3.63) is 40.6 Å². The molecule has 2 aromatic heterocycles. The normalized spacial score (nSPS) is 10.9. The number of hydrogen-bond acceptors (Lipinski definition) is 4. The summed E-state index contributed by atoms with van der Waals surface area (Å²) in [6, 6.07) is 1.84. The van der Waals surface area contributed by atoms with Crippen LogP contribution in [0.15, 0.2) is 29.5 Å². The van der Waals surface area contributed by atoms with Crippen LogP contribution in [0.1, 0.15) is 26.3 Å². The van der Waals surface area contributed by atoms with Crippen molar-refractivity contribution in [3.63, 3.8) is 0 Å². The second-order valence-electron chi connectivity index (χ2n) is 4.74. The number of aryl methyl sites for hydroxylation is 1. The summed E-state index contributed by atoms with van der Waals surface area (Å²) in [6.07, 6.45) is 5.36. The van der Waals surface area contributed by atoms with Crippen LogP contribution in [0.25, 0.3) is 0 Å². The van der Waals surface area contributed by atoms with Gasteiger partial charge < -0.3 is 5.32 Å². The van der Waals surface area contributed by atoms with Crippen molar-refractivity contribution in [2.45, 2.75) is 39.9 Å². The lowest BCUT2D eigenvalue weighted by molar-refractivity contribution is 0.633. The van der Waals surface area contributed by atoms with Gasteiger partial charge in [0.2, 0.25) is 0 Å². The maximum absolute atomic E-state index is 11.9. The molecule has 6 nitrogen and oxygen atoms in total. The Morgan fingerprint density at radius 1 is 1.32 bits per heavy atom. The minimum atomic E-state index is -0.116. The van der Waals surface area contributed by atoms with Gasteiger partial charge in [0.25, 0.3) is 5.56 Å². The van der Waals surface area contributed by atoms with E-state index >= 15 is 0 Å². The molecule has 0 spiro atoms. The zero-order valence-electron chi connectivity index (χ0n) is 11.5. The van der Waals surface area contributed by atoms with E-state index in [4.69, 9.17) is 0 Å². The third-order valence-corrected chi connectivity index (χ3v) is 2.67. The third kappa shape index (κ3) is 3.43. The van der Waals surface area contributed by atoms with Gasteiger partial charge in [-0.25, -0.2) is 4.68 Å². The fourth-order valence-electron chi connectivity index (χ4n) is 1.80. The maximum Gasteiger partial charge on any atom is 0.269 e. The van der Waals surface area contributed by atoms with Crippen LogP contribution in [0.4, 0.5) is 5.69 Å². The lowest BCUT2D eigenvalue weighted by Gasteiger charge is -2.10. The number of anilines is 1. The lowest BCUT2D eigenvalue weighted by Crippen LogP contribution is -2.24. The van der Waals surface area contributed by atoms with E-state index in [1.54, 1.807) is 18.5 Å². The number of nitrogens with one attached hydrogen (secondary N) is 1. The Labute approximate surface area is 112 Å². The molecule has 0 amide bonds. The molecule has 0 aliphatic heterocycles. The Morgan fingerprint density at radius 3 is 2.68 bits per heavy atom. The van der Waals surface area contributed by atoms with E-state index in [9.17, 15) is 4.79 Å². The molecular weight excluding hydrogens is 242 g/mol. The second-order valence-corrected chi connectivity index (χ2v) is 4.74. The smallest absolute Gasteiger partial charge is 0.269 e. The zero-order chi connectivity index (χ0) is 13.8. The molecule has 2 heterocycles. The summed E-state index contributed by atoms with van der Waals surface area (Å²) in [5.74, 6) is 0. The predicted molar refractivity (Wildman–Crippen MR) is 74.3 cm³/mol. The predicted octanol–water partition coefficient (Wildman–Crippen LogP) is 1.33. The molecule has 0 atom stereocenters. The monoisotopic (exact) mass is 261 g/mol. The van der Waals surface area contributed by atoms with Gasteiger partial charge in [0.15, 0.2) is 0 Å². The molecule has 0 bridgehead atoms. The molecule has 102 valence electrons. The Balaban J connectivity index is 2.15. The van der Waals surface area contributed by atoms with Crippen molar-refractivity contribution in [2.75, 3.05) is 5.32 Å². The molecule has 19 heavy (non-hydrogen) atoms. The minimum Gasteiger partial charge on any atom is -0.381 e. The summed E-state index contributed by atoms with van der Waals surface area (Å²) in [5.41, 5.74) is 1.61. The van der Waals surface area contributed by atoms with Gasteiger partial charge in [-0.05, 0) is 20.8 Å². The van der Waals surface area contributed by atoms with E-state index in [0.29, 0.717) is 6.54 Å². The first kappa shape index (κ1) is 13.3. The lowest BCUT2D eigenvalue weighted by atomic mass is 10.3. The quantitative estimate of drug-likeness (QED) is 0.882. The molecule has 0 aliphatic carbocycles. The highest BCUT2D eigenvalue weighted by atomic mass is 16.1. The maximum atomic E-state index is 11.9. The number of aromatic nitrogens is 4. The molecule has 6 heteroatoms. The van der Waals surface area contributed by atoms with Gasteiger partial charge in [0, 0.05) is 30.4 Å². The Bertz CT molecular complexity index is 599. The fraction of sp³-hybridized carbons (Fsp3) is 0.462. The van der Waals surface area contributed by atoms with Crippen LogP contribution in [-0.4, -0.2) is 25.6 Å². The number of hydrogen-bond donors (Lipinski definition) is 1. The average molecular weight is 261 g/mol. The van der Waals surface area contributed by atoms with Crippen molar-refractivity contribution in [2.24, 2.45) is 0 Å². The van der Waals surface area contributed by atoms with Crippen LogP contribution in [0.5, 0.6) is 0 Å². The minimum absolute atomic E-state index is 0.116. The molecule has 2 aromatic rings. The molecule has 0 fully saturated rings. The summed E-state index contributed by atoms with van der Waals surface area (Å²) < 4.78 is 3.26. The van der Waals surface area contributed by atoms with Crippen LogP contribution < -0.4 is 10.9 Å². The highest BCUT2D eigenvalue weighted by Crippen LogP contribution is 2.03. The standard InChI is InChI=1S/C13H19N5O/c1-4-17-8-11(6-14-17)9-18-13(19)5-12(7-15-18)16-10(2)3/h5-8,10,16H,4,9H2,1-3H3. The Hall–Kier alpha value is -2.11. The zero-order valence-corrected chi connectivity index (χ0v) is 11.5. The molecule has 0 aliphatic rings. The van der Waals surface area contributed by atoms with Gasteiger partial charge in [0.05, 0.1) is 24.6 Å². The van der Waals surface area contributed by atoms with Crippen molar-refractivity contribution < 1.29 is 0 Å². The molecular formula is C13H19N5O. The van der Waals surface area contributed by atoms with Crippen molar-refractivity contribution in [1.29, 1.82) is 0 Å². The summed E-state index contributed by atoms with van der Waals surface area (Å²) in [7, 11) is 0. The van der Waals surface area contributed by atoms with Crippen LogP contribution in [-0.2, 0) is 13.1 Å². The first-order chi connectivity index (χ1) is 9.08. The molecule has 1 N–H and O–H groups in total. The van der Waals surface area contributed by atoms with Crippen molar-refractivity contribution in [3.8, 4) is 0 Å². The van der Waals surface area contributed by atoms with Crippen LogP contribution in [0.2, 0.25) is 0 Å². The summed E-state index contributed by atoms with van der Waals surface area (Å²) in [4.78, 5) is 11.9. The van der Waals surface area contributed by atoms with Gasteiger partial charge in [-0.3, -0.25) is 9.48 Å². The fourth-order valence-corrected chi connectivity index (χ4v) is 1.80. The first-order valence-electron chi connectivity index (χ1n) is 6.43. The van der Waals surface area contributed by atoms with Crippen LogP contribution >= 0.6 is 0 Å². The molecule has 0 aromatic carbocycles. The van der Waals surface area contributed by atoms with E-state index in [2.05, 4.69) is 15.5 Å². The molecule has 0 unspecified atom stereocenters. The Morgan fingerprint density at radius 2 is 2.11 bits per heavy atom. The van der Waals surface area contributed by atoms with E-state index in [0.717, 1.165) is 17.8 Å². The van der Waals surface area contributed by atoms with Gasteiger partial charge in [0.1, 0.15) is 0 Å². The van der Waals surface area contributed by atoms with Crippen molar-refractivity contribution in [1.82, 2.24) is 19.6 Å². The van der Waals surface area contributed by atoms with Gasteiger partial charge in [-0.15, -0.1) is 0 Å². The van der Waals surface area contributed by atoms with E-state index < -0.39 is 0 Å². The highest BCUT2D eigenvalue weighted by Gasteiger charge is 2.04. The number of nitrogens with zero attached hydrogens (tertiary/aromatic N) is 4. The highest BCUT2D eigenvalue weighted by molar-refractivity contribution is 5.39. The second kappa shape index (κ2) is 5.69. The van der Waals surface area contributed by atoms with E-state index in [1.165, 1.54) is 4.68 Å². The largest absolute Gasteiger partial charge is 0.381 e. The van der Waals surface area contributed by atoms with Crippen LogP contribution in [0, 0.1) is 0 Å². The SMILES string of the molecule is CCn1cc(Cn2ncc(NC(C)C)cc2=O)cn1. The topological polar surface area (TPSA) is 64.7 Å². The van der Waals surface area contributed by atoms with Crippen molar-refractivity contribution >= 4 is 5.69 Å².